The molecule has 0 aliphatic heterocycles. The van der Waals surface area contributed by atoms with Gasteiger partial charge in [-0.25, -0.2) is 9.97 Å². The van der Waals surface area contributed by atoms with Gasteiger partial charge in [-0.05, 0) is 29.5 Å². The van der Waals surface area contributed by atoms with Crippen LogP contribution in [0, 0.1) is 11.5 Å². The molecule has 0 aliphatic carbocycles. The summed E-state index contributed by atoms with van der Waals surface area (Å²) in [4.78, 5) is 16.0. The minimum atomic E-state index is 0. The minimum absolute atomic E-state index is 0. The first-order valence-electron chi connectivity index (χ1n) is 7.83. The van der Waals surface area contributed by atoms with Crippen LogP contribution in [0.25, 0.3) is 0 Å². The van der Waals surface area contributed by atoms with E-state index in [9.17, 15) is 0 Å². The average molecular weight is 442 g/mol. The summed E-state index contributed by atoms with van der Waals surface area (Å²) in [5.74, 6) is 0.608. The summed E-state index contributed by atoms with van der Waals surface area (Å²) in [6.45, 7) is 0. The number of hydrogen-bond donors (Lipinski definition) is 1. The molecule has 9 heteroatoms. The second-order valence-electron chi connectivity index (χ2n) is 5.06. The van der Waals surface area contributed by atoms with Crippen molar-refractivity contribution in [3.05, 3.63) is 58.1 Å². The van der Waals surface area contributed by atoms with E-state index in [1.807, 2.05) is 24.6 Å². The van der Waals surface area contributed by atoms with Crippen molar-refractivity contribution in [2.24, 2.45) is 9.98 Å². The molecule has 0 fully saturated rings. The molecular formula is C19H26Cl2N6S. The van der Waals surface area contributed by atoms with E-state index in [-0.39, 0.29) is 8.85 Å². The Morgan fingerprint density at radius 2 is 1.61 bits per heavy atom. The first-order chi connectivity index (χ1) is 13.0. The Balaban J connectivity index is 0. The second-order valence-corrected chi connectivity index (χ2v) is 6.71. The fourth-order valence-electron chi connectivity index (χ4n) is 1.88. The fraction of sp³-hybridized carbons (Fsp3) is 0.316. The summed E-state index contributed by atoms with van der Waals surface area (Å²) in [6, 6.07) is 7.32. The average Bonchev–Trinajstić information content (AvgIpc) is 2.69. The van der Waals surface area contributed by atoms with Gasteiger partial charge in [0.2, 0.25) is 0 Å². The van der Waals surface area contributed by atoms with E-state index in [2.05, 4.69) is 25.3 Å². The zero-order chi connectivity index (χ0) is 20.1. The fourth-order valence-corrected chi connectivity index (χ4v) is 2.59. The maximum atomic E-state index is 8.41. The maximum Gasteiger partial charge on any atom is 0.182 e. The number of pyridine rings is 2. The summed E-state index contributed by atoms with van der Waals surface area (Å²) in [7, 11) is 3.43. The van der Waals surface area contributed by atoms with Gasteiger partial charge in [0.15, 0.2) is 6.19 Å². The number of thioether (sulfide) groups is 1. The number of nitrogens with zero attached hydrogens (tertiary/aromatic N) is 5. The van der Waals surface area contributed by atoms with E-state index in [0.717, 1.165) is 22.6 Å². The summed E-state index contributed by atoms with van der Waals surface area (Å²) in [5, 5.41) is 13.0. The quantitative estimate of drug-likeness (QED) is 0.239. The van der Waals surface area contributed by atoms with Crippen LogP contribution in [-0.4, -0.2) is 41.2 Å². The normalized spacial score (nSPS) is 10.9. The van der Waals surface area contributed by atoms with Gasteiger partial charge >= 0.3 is 0 Å². The van der Waals surface area contributed by atoms with Crippen LogP contribution in [0.4, 0.5) is 0 Å². The standard InChI is InChI=1S/C9H9ClN4.C9H11ClN2S.CH4.H2/c1-12-9(14-6-11)4-7-2-3-8(10)13-5-7;1-11-9(13-2)5-7-3-4-8(10)12-6-7;;/h2-3,5H,4H2,1H3,(H,12,14);3-4,6H,5H2,1-2H3;1H4;1H/i;;;1+1. The van der Waals surface area contributed by atoms with Crippen LogP contribution in [0.5, 0.6) is 0 Å². The highest BCUT2D eigenvalue weighted by Crippen LogP contribution is 2.10. The number of aliphatic imine (C=N–C) groups is 2. The molecule has 0 saturated carbocycles. The first-order valence-corrected chi connectivity index (χ1v) is 9.81. The van der Waals surface area contributed by atoms with Crippen molar-refractivity contribution in [1.82, 2.24) is 15.3 Å². The lowest BCUT2D eigenvalue weighted by Gasteiger charge is -2.02. The molecule has 0 aliphatic rings. The predicted molar refractivity (Wildman–Crippen MR) is 124 cm³/mol. The molecule has 2 heterocycles. The number of hydrogen-bond acceptors (Lipinski definition) is 6. The topological polar surface area (TPSA) is 86.3 Å². The molecule has 1 N–H and O–H groups in total. The zero-order valence-corrected chi connectivity index (χ0v) is 17.6. The molecule has 0 atom stereocenters. The second kappa shape index (κ2) is 14.9. The Morgan fingerprint density at radius 3 is 1.96 bits per heavy atom. The third-order valence-corrected chi connectivity index (χ3v) is 4.50. The lowest BCUT2D eigenvalue weighted by molar-refractivity contribution is 1.12. The molecule has 0 amide bonds. The lowest BCUT2D eigenvalue weighted by Crippen LogP contribution is -2.20. The maximum absolute atomic E-state index is 8.41. The summed E-state index contributed by atoms with van der Waals surface area (Å²) < 4.78 is 0. The van der Waals surface area contributed by atoms with Crippen molar-refractivity contribution >= 4 is 45.8 Å². The van der Waals surface area contributed by atoms with Crippen LogP contribution in [-0.2, 0) is 12.8 Å². The van der Waals surface area contributed by atoms with Crippen LogP contribution < -0.4 is 5.32 Å². The Morgan fingerprint density at radius 1 is 1.07 bits per heavy atom. The summed E-state index contributed by atoms with van der Waals surface area (Å²) in [6.07, 6.45) is 8.67. The molecule has 6 nitrogen and oxygen atoms in total. The molecule has 2 rings (SSSR count). The van der Waals surface area contributed by atoms with Crippen LogP contribution in [0.3, 0.4) is 0 Å². The highest BCUT2D eigenvalue weighted by atomic mass is 35.5. The smallest absolute Gasteiger partial charge is 0.182 e. The number of aromatic nitrogens is 2. The highest BCUT2D eigenvalue weighted by Gasteiger charge is 2.00. The van der Waals surface area contributed by atoms with E-state index in [4.69, 9.17) is 28.5 Å². The monoisotopic (exact) mass is 441 g/mol. The molecule has 2 aromatic heterocycles. The van der Waals surface area contributed by atoms with Gasteiger partial charge in [-0.15, -0.1) is 11.8 Å². The summed E-state index contributed by atoms with van der Waals surface area (Å²) >= 11 is 13.0. The van der Waals surface area contributed by atoms with Crippen molar-refractivity contribution in [3.8, 4) is 6.19 Å². The molecular weight excluding hydrogens is 415 g/mol. The van der Waals surface area contributed by atoms with Crippen LogP contribution >= 0.6 is 35.0 Å². The van der Waals surface area contributed by atoms with Gasteiger partial charge < -0.3 is 0 Å². The van der Waals surface area contributed by atoms with Crippen molar-refractivity contribution in [3.63, 3.8) is 0 Å². The number of amidine groups is 1. The van der Waals surface area contributed by atoms with Crippen molar-refractivity contribution in [2.45, 2.75) is 20.3 Å². The molecule has 0 unspecified atom stereocenters. The Hall–Kier alpha value is -2.14. The van der Waals surface area contributed by atoms with Gasteiger partial charge in [0.1, 0.15) is 16.1 Å². The number of halogens is 2. The SMILES string of the molecule is C.CN=C(Cc1ccc(Cl)nc1)NC#N.CN=C(Cc1ccc(Cl)nc1)SC.[2HH]. The number of rotatable bonds is 4. The molecule has 0 saturated heterocycles. The molecule has 152 valence electrons. The van der Waals surface area contributed by atoms with Gasteiger partial charge in [-0.1, -0.05) is 42.8 Å². The molecule has 0 spiro atoms. The third kappa shape index (κ3) is 10.3. The van der Waals surface area contributed by atoms with Gasteiger partial charge in [0, 0.05) is 40.8 Å². The molecule has 0 aromatic carbocycles. The Bertz CT molecular complexity index is 805. The Kier molecular flexibility index (Phi) is 13.7. The zero-order valence-electron chi connectivity index (χ0n) is 15.3. The van der Waals surface area contributed by atoms with E-state index in [1.165, 1.54) is 0 Å². The van der Waals surface area contributed by atoms with Crippen molar-refractivity contribution in [2.75, 3.05) is 20.4 Å². The Labute approximate surface area is 182 Å². The van der Waals surface area contributed by atoms with E-state index < -0.39 is 0 Å². The van der Waals surface area contributed by atoms with E-state index in [1.54, 1.807) is 50.4 Å². The van der Waals surface area contributed by atoms with Crippen LogP contribution in [0.1, 0.15) is 20.0 Å². The third-order valence-electron chi connectivity index (χ3n) is 3.26. The first kappa shape index (κ1) is 25.9. The van der Waals surface area contributed by atoms with Gasteiger partial charge in [-0.2, -0.15) is 5.26 Å². The lowest BCUT2D eigenvalue weighted by atomic mass is 10.2. The van der Waals surface area contributed by atoms with Crippen molar-refractivity contribution in [1.29, 1.82) is 5.26 Å². The highest BCUT2D eigenvalue weighted by molar-refractivity contribution is 8.13. The van der Waals surface area contributed by atoms with Crippen molar-refractivity contribution < 1.29 is 1.43 Å². The van der Waals surface area contributed by atoms with Gasteiger partial charge in [0.05, 0.1) is 5.04 Å². The van der Waals surface area contributed by atoms with E-state index in [0.29, 0.717) is 22.6 Å². The molecule has 28 heavy (non-hydrogen) atoms. The number of nitrogens with one attached hydrogen (secondary N) is 1. The molecule has 2 aromatic rings. The number of nitriles is 1. The van der Waals surface area contributed by atoms with Gasteiger partial charge in [-0.3, -0.25) is 15.3 Å². The van der Waals surface area contributed by atoms with Crippen LogP contribution in [0.15, 0.2) is 46.6 Å². The van der Waals surface area contributed by atoms with E-state index >= 15 is 0 Å². The largest absolute Gasteiger partial charge is 0.286 e. The minimum Gasteiger partial charge on any atom is -0.286 e. The molecule has 0 radical (unpaired) electrons. The molecule has 0 bridgehead atoms. The van der Waals surface area contributed by atoms with Crippen LogP contribution in [0.2, 0.25) is 10.3 Å². The summed E-state index contributed by atoms with van der Waals surface area (Å²) in [5.41, 5.74) is 2.09. The van der Waals surface area contributed by atoms with Gasteiger partial charge in [0.25, 0.3) is 0 Å². The predicted octanol–water partition coefficient (Wildman–Crippen LogP) is 4.93.